The maximum absolute atomic E-state index is 12.0. The molecule has 116 valence electrons. The predicted octanol–water partition coefficient (Wildman–Crippen LogP) is 0.851. The van der Waals surface area contributed by atoms with Gasteiger partial charge in [0.25, 0.3) is 0 Å². The molecule has 0 fully saturated rings. The second-order valence-electron chi connectivity index (χ2n) is 5.74. The Morgan fingerprint density at radius 1 is 1.52 bits per heavy atom. The molecule has 1 aromatic heterocycles. The standard InChI is InChI=1S/C13H21N5O3/c1-13(2,3)20-12(19)18-7-6-15-10(8-18)14-5-4-11-16-9-17-21-11/h9H,4-8H2,1-3H3,(H,14,15). The summed E-state index contributed by atoms with van der Waals surface area (Å²) >= 11 is 0. The number of nitrogens with zero attached hydrogens (tertiary/aromatic N) is 4. The van der Waals surface area contributed by atoms with Crippen molar-refractivity contribution in [1.82, 2.24) is 20.4 Å². The summed E-state index contributed by atoms with van der Waals surface area (Å²) in [4.78, 5) is 22.0. The molecular formula is C13H21N5O3. The molecule has 1 aromatic rings. The first-order valence-corrected chi connectivity index (χ1v) is 6.95. The Bertz CT molecular complexity index is 492. The van der Waals surface area contributed by atoms with Crippen molar-refractivity contribution in [2.45, 2.75) is 32.8 Å². The average molecular weight is 295 g/mol. The van der Waals surface area contributed by atoms with E-state index in [0.717, 1.165) is 5.84 Å². The topological polar surface area (TPSA) is 92.8 Å². The number of aliphatic imine (C=N–C) groups is 1. The lowest BCUT2D eigenvalue weighted by molar-refractivity contribution is 0.0276. The first kappa shape index (κ1) is 15.3. The van der Waals surface area contributed by atoms with Crippen LogP contribution in [0.3, 0.4) is 0 Å². The highest BCUT2D eigenvalue weighted by Crippen LogP contribution is 2.10. The van der Waals surface area contributed by atoms with Crippen molar-refractivity contribution in [1.29, 1.82) is 0 Å². The number of carbonyl (C=O) groups is 1. The number of nitrogens with one attached hydrogen (secondary N) is 1. The summed E-state index contributed by atoms with van der Waals surface area (Å²) in [5.41, 5.74) is -0.489. The van der Waals surface area contributed by atoms with Crippen LogP contribution in [0.4, 0.5) is 4.79 Å². The van der Waals surface area contributed by atoms with Crippen molar-refractivity contribution in [3.8, 4) is 0 Å². The van der Waals surface area contributed by atoms with Crippen LogP contribution in [0.1, 0.15) is 26.7 Å². The molecule has 0 atom stereocenters. The van der Waals surface area contributed by atoms with Crippen molar-refractivity contribution in [3.63, 3.8) is 0 Å². The van der Waals surface area contributed by atoms with Gasteiger partial charge in [-0.15, -0.1) is 0 Å². The van der Waals surface area contributed by atoms with Gasteiger partial charge >= 0.3 is 6.09 Å². The average Bonchev–Trinajstić information content (AvgIpc) is 2.90. The third kappa shape index (κ3) is 5.05. The zero-order valence-corrected chi connectivity index (χ0v) is 12.6. The van der Waals surface area contributed by atoms with Gasteiger partial charge in [0.1, 0.15) is 11.4 Å². The summed E-state index contributed by atoms with van der Waals surface area (Å²) in [6.07, 6.45) is 1.68. The van der Waals surface area contributed by atoms with Crippen LogP contribution in [0.5, 0.6) is 0 Å². The highest BCUT2D eigenvalue weighted by Gasteiger charge is 2.24. The Morgan fingerprint density at radius 3 is 3.00 bits per heavy atom. The van der Waals surface area contributed by atoms with Crippen LogP contribution in [-0.2, 0) is 11.2 Å². The SMILES string of the molecule is CC(C)(C)OC(=O)N1CCN=C(NCCc2ncno2)C1. The number of amidine groups is 1. The number of hydrogen-bond donors (Lipinski definition) is 1. The summed E-state index contributed by atoms with van der Waals surface area (Å²) in [5.74, 6) is 1.34. The maximum atomic E-state index is 12.0. The summed E-state index contributed by atoms with van der Waals surface area (Å²) in [7, 11) is 0. The molecule has 1 aliphatic rings. The lowest BCUT2D eigenvalue weighted by Crippen LogP contribution is -2.47. The van der Waals surface area contributed by atoms with Crippen LogP contribution in [0.2, 0.25) is 0 Å². The molecule has 0 spiro atoms. The molecule has 21 heavy (non-hydrogen) atoms. The normalized spacial score (nSPS) is 15.6. The Morgan fingerprint density at radius 2 is 2.33 bits per heavy atom. The summed E-state index contributed by atoms with van der Waals surface area (Å²) in [6, 6.07) is 0. The molecular weight excluding hydrogens is 274 g/mol. The number of carbonyl (C=O) groups excluding carboxylic acids is 1. The molecule has 0 bridgehead atoms. The van der Waals surface area contributed by atoms with E-state index < -0.39 is 5.60 Å². The minimum atomic E-state index is -0.489. The second kappa shape index (κ2) is 6.55. The molecule has 1 aliphatic heterocycles. The third-order valence-corrected chi connectivity index (χ3v) is 2.74. The van der Waals surface area contributed by atoms with Crippen molar-refractivity contribution in [2.75, 3.05) is 26.2 Å². The molecule has 8 heteroatoms. The monoisotopic (exact) mass is 295 g/mol. The van der Waals surface area contributed by atoms with Crippen LogP contribution >= 0.6 is 0 Å². The Labute approximate surface area is 123 Å². The lowest BCUT2D eigenvalue weighted by atomic mass is 10.2. The first-order valence-electron chi connectivity index (χ1n) is 6.95. The van der Waals surface area contributed by atoms with Gasteiger partial charge in [0.2, 0.25) is 5.89 Å². The zero-order valence-electron chi connectivity index (χ0n) is 12.6. The fourth-order valence-electron chi connectivity index (χ4n) is 1.83. The van der Waals surface area contributed by atoms with Gasteiger partial charge in [-0.1, -0.05) is 5.16 Å². The van der Waals surface area contributed by atoms with E-state index in [1.807, 2.05) is 20.8 Å². The van der Waals surface area contributed by atoms with Gasteiger partial charge in [0, 0.05) is 19.5 Å². The van der Waals surface area contributed by atoms with Crippen molar-refractivity contribution >= 4 is 11.9 Å². The van der Waals surface area contributed by atoms with E-state index in [-0.39, 0.29) is 6.09 Å². The van der Waals surface area contributed by atoms with Crippen LogP contribution in [-0.4, -0.2) is 58.7 Å². The summed E-state index contributed by atoms with van der Waals surface area (Å²) in [6.45, 7) is 7.76. The van der Waals surface area contributed by atoms with Crippen LogP contribution in [0, 0.1) is 0 Å². The lowest BCUT2D eigenvalue weighted by Gasteiger charge is -2.29. The van der Waals surface area contributed by atoms with Gasteiger partial charge in [-0.25, -0.2) is 4.79 Å². The van der Waals surface area contributed by atoms with E-state index in [1.165, 1.54) is 6.33 Å². The third-order valence-electron chi connectivity index (χ3n) is 2.74. The van der Waals surface area contributed by atoms with E-state index in [9.17, 15) is 4.79 Å². The van der Waals surface area contributed by atoms with Crippen LogP contribution in [0.15, 0.2) is 15.8 Å². The van der Waals surface area contributed by atoms with Gasteiger partial charge in [0.15, 0.2) is 6.33 Å². The second-order valence-corrected chi connectivity index (χ2v) is 5.74. The number of amides is 1. The molecule has 1 N–H and O–H groups in total. The van der Waals surface area contributed by atoms with E-state index >= 15 is 0 Å². The van der Waals surface area contributed by atoms with Gasteiger partial charge in [-0.3, -0.25) is 9.89 Å². The van der Waals surface area contributed by atoms with E-state index in [2.05, 4.69) is 20.4 Å². The minimum Gasteiger partial charge on any atom is -0.444 e. The van der Waals surface area contributed by atoms with Gasteiger partial charge in [-0.2, -0.15) is 4.98 Å². The largest absolute Gasteiger partial charge is 0.444 e. The van der Waals surface area contributed by atoms with Crippen molar-refractivity contribution < 1.29 is 14.1 Å². The Kier molecular flexibility index (Phi) is 4.77. The fraction of sp³-hybridized carbons (Fsp3) is 0.692. The van der Waals surface area contributed by atoms with Crippen molar-refractivity contribution in [2.24, 2.45) is 4.99 Å². The first-order chi connectivity index (χ1) is 9.94. The molecule has 0 aromatic carbocycles. The molecule has 2 rings (SSSR count). The smallest absolute Gasteiger partial charge is 0.410 e. The molecule has 0 aliphatic carbocycles. The molecule has 2 heterocycles. The van der Waals surface area contributed by atoms with Crippen LogP contribution < -0.4 is 5.32 Å². The molecule has 0 unspecified atom stereocenters. The van der Waals surface area contributed by atoms with E-state index in [1.54, 1.807) is 4.90 Å². The number of aromatic nitrogens is 2. The highest BCUT2D eigenvalue weighted by molar-refractivity contribution is 5.87. The Hall–Kier alpha value is -2.12. The number of ether oxygens (including phenoxy) is 1. The van der Waals surface area contributed by atoms with Gasteiger partial charge < -0.3 is 14.6 Å². The number of hydrogen-bond acceptors (Lipinski definition) is 7. The van der Waals surface area contributed by atoms with Gasteiger partial charge in [-0.05, 0) is 20.8 Å². The number of rotatable bonds is 3. The highest BCUT2D eigenvalue weighted by atomic mass is 16.6. The van der Waals surface area contributed by atoms with Gasteiger partial charge in [0.05, 0.1) is 13.1 Å². The van der Waals surface area contributed by atoms with E-state index in [0.29, 0.717) is 38.5 Å². The fourth-order valence-corrected chi connectivity index (χ4v) is 1.83. The van der Waals surface area contributed by atoms with Crippen LogP contribution in [0.25, 0.3) is 0 Å². The quantitative estimate of drug-likeness (QED) is 0.888. The molecule has 0 radical (unpaired) electrons. The minimum absolute atomic E-state index is 0.311. The van der Waals surface area contributed by atoms with Crippen molar-refractivity contribution in [3.05, 3.63) is 12.2 Å². The predicted molar refractivity (Wildman–Crippen MR) is 76.1 cm³/mol. The zero-order chi connectivity index (χ0) is 15.3. The molecule has 8 nitrogen and oxygen atoms in total. The Balaban J connectivity index is 1.77. The molecule has 0 saturated carbocycles. The maximum Gasteiger partial charge on any atom is 0.410 e. The summed E-state index contributed by atoms with van der Waals surface area (Å²) < 4.78 is 10.3. The van der Waals surface area contributed by atoms with E-state index in [4.69, 9.17) is 9.26 Å². The summed E-state index contributed by atoms with van der Waals surface area (Å²) in [5, 5.41) is 6.72. The molecule has 1 amide bonds. The molecule has 0 saturated heterocycles.